The second-order valence-electron chi connectivity index (χ2n) is 8.04. The summed E-state index contributed by atoms with van der Waals surface area (Å²) in [4.78, 5) is 20.1. The molecule has 0 saturated carbocycles. The van der Waals surface area contributed by atoms with Crippen LogP contribution in [0.3, 0.4) is 0 Å². The van der Waals surface area contributed by atoms with Gasteiger partial charge in [-0.15, -0.1) is 0 Å². The predicted molar refractivity (Wildman–Crippen MR) is 128 cm³/mol. The van der Waals surface area contributed by atoms with Crippen LogP contribution in [0.5, 0.6) is 5.75 Å². The maximum absolute atomic E-state index is 14.7. The van der Waals surface area contributed by atoms with E-state index in [0.717, 1.165) is 32.0 Å². The maximum Gasteiger partial charge on any atom is 0.322 e. The molecular weight excluding hydrogens is 445 g/mol. The van der Waals surface area contributed by atoms with Gasteiger partial charge < -0.3 is 20.6 Å². The van der Waals surface area contributed by atoms with Crippen LogP contribution in [0, 0.1) is 5.82 Å². The van der Waals surface area contributed by atoms with Gasteiger partial charge in [0.25, 0.3) is 0 Å². The Kier molecular flexibility index (Phi) is 5.78. The Balaban J connectivity index is 1.52. The van der Waals surface area contributed by atoms with Gasteiger partial charge in [-0.05, 0) is 47.5 Å². The first-order valence-corrected chi connectivity index (χ1v) is 11.2. The van der Waals surface area contributed by atoms with E-state index in [1.165, 1.54) is 12.1 Å². The fourth-order valence-electron chi connectivity index (χ4n) is 4.29. The fourth-order valence-corrected chi connectivity index (χ4v) is 4.57. The van der Waals surface area contributed by atoms with Crippen LogP contribution in [0.25, 0.3) is 22.3 Å². The van der Waals surface area contributed by atoms with Crippen molar-refractivity contribution in [3.63, 3.8) is 0 Å². The van der Waals surface area contributed by atoms with Gasteiger partial charge in [-0.2, -0.15) is 0 Å². The zero-order valence-electron chi connectivity index (χ0n) is 17.8. The fraction of sp³-hybridized carbons (Fsp3) is 0.250. The minimum atomic E-state index is -0.475. The average molecular weight is 468 g/mol. The highest BCUT2D eigenvalue weighted by molar-refractivity contribution is 6.34. The number of phenolic OH excluding ortho intramolecular Hbond substituents is 1. The first kappa shape index (κ1) is 21.5. The molecule has 3 heterocycles. The van der Waals surface area contributed by atoms with Crippen molar-refractivity contribution in [3.05, 3.63) is 59.5 Å². The molecule has 2 fully saturated rings. The third kappa shape index (κ3) is 4.19. The van der Waals surface area contributed by atoms with Crippen molar-refractivity contribution in [2.75, 3.05) is 49.1 Å². The molecule has 0 aliphatic carbocycles. The number of benzene rings is 2. The second-order valence-corrected chi connectivity index (χ2v) is 8.45. The second kappa shape index (κ2) is 8.88. The molecule has 1 aromatic heterocycles. The smallest absolute Gasteiger partial charge is 0.322 e. The highest BCUT2D eigenvalue weighted by atomic mass is 35.5. The van der Waals surface area contributed by atoms with Crippen molar-refractivity contribution in [2.24, 2.45) is 0 Å². The molecule has 0 radical (unpaired) electrons. The lowest BCUT2D eigenvalue weighted by molar-refractivity contribution is 0.252. The standard InChI is InChI=1S/C24H23ClFN5O2/c25-20-11-15(1-2-21(20)31-10-7-29-24(31)33)18-13-17(26)14-19(23(18)32)16-3-4-28-22(12-16)30-8-5-27-6-9-30/h1-4,11-14,27,32H,5-10H2,(H,29,33). The lowest BCUT2D eigenvalue weighted by atomic mass is 9.97. The van der Waals surface area contributed by atoms with Crippen LogP contribution < -0.4 is 20.4 Å². The number of aromatic nitrogens is 1. The quantitative estimate of drug-likeness (QED) is 0.543. The molecule has 170 valence electrons. The van der Waals surface area contributed by atoms with Crippen LogP contribution in [0.4, 0.5) is 20.7 Å². The van der Waals surface area contributed by atoms with Crippen molar-refractivity contribution in [1.29, 1.82) is 0 Å². The minimum Gasteiger partial charge on any atom is -0.507 e. The largest absolute Gasteiger partial charge is 0.507 e. The summed E-state index contributed by atoms with van der Waals surface area (Å²) >= 11 is 6.46. The first-order valence-electron chi connectivity index (χ1n) is 10.8. The number of carbonyl (C=O) groups is 1. The molecule has 5 rings (SSSR count). The summed E-state index contributed by atoms with van der Waals surface area (Å²) < 4.78 is 14.7. The van der Waals surface area contributed by atoms with E-state index in [1.54, 1.807) is 35.4 Å². The lowest BCUT2D eigenvalue weighted by Crippen LogP contribution is -2.43. The normalized spacial score (nSPS) is 16.2. The molecule has 2 saturated heterocycles. The molecule has 9 heteroatoms. The number of phenols is 1. The predicted octanol–water partition coefficient (Wildman–Crippen LogP) is 3.85. The molecule has 33 heavy (non-hydrogen) atoms. The summed E-state index contributed by atoms with van der Waals surface area (Å²) in [6.45, 7) is 4.47. The zero-order chi connectivity index (χ0) is 22.9. The molecule has 2 aromatic carbocycles. The Bertz CT molecular complexity index is 1220. The number of rotatable bonds is 4. The van der Waals surface area contributed by atoms with Gasteiger partial charge in [0.05, 0.1) is 10.7 Å². The Hall–Kier alpha value is -3.36. The Morgan fingerprint density at radius 1 is 0.970 bits per heavy atom. The topological polar surface area (TPSA) is 80.7 Å². The molecule has 0 spiro atoms. The summed E-state index contributed by atoms with van der Waals surface area (Å²) in [7, 11) is 0. The van der Waals surface area contributed by atoms with Gasteiger partial charge in [0.2, 0.25) is 0 Å². The van der Waals surface area contributed by atoms with Gasteiger partial charge in [-0.1, -0.05) is 17.7 Å². The number of aromatic hydroxyl groups is 1. The summed E-state index contributed by atoms with van der Waals surface area (Å²) in [5, 5.41) is 17.5. The van der Waals surface area contributed by atoms with Crippen molar-refractivity contribution in [3.8, 4) is 28.0 Å². The number of hydrogen-bond donors (Lipinski definition) is 3. The van der Waals surface area contributed by atoms with E-state index < -0.39 is 5.82 Å². The number of halogens is 2. The third-order valence-electron chi connectivity index (χ3n) is 5.98. The van der Waals surface area contributed by atoms with Crippen molar-refractivity contribution >= 4 is 29.1 Å². The van der Waals surface area contributed by atoms with E-state index in [4.69, 9.17) is 11.6 Å². The van der Waals surface area contributed by atoms with Crippen LogP contribution in [-0.2, 0) is 0 Å². The number of amides is 2. The number of nitrogens with one attached hydrogen (secondary N) is 2. The molecule has 2 aliphatic heterocycles. The maximum atomic E-state index is 14.7. The summed E-state index contributed by atoms with van der Waals surface area (Å²) in [5.74, 6) is 0.268. The number of nitrogens with zero attached hydrogens (tertiary/aromatic N) is 3. The highest BCUT2D eigenvalue weighted by Gasteiger charge is 2.24. The van der Waals surface area contributed by atoms with Crippen LogP contribution in [0.1, 0.15) is 0 Å². The van der Waals surface area contributed by atoms with Gasteiger partial charge in [0.1, 0.15) is 17.4 Å². The molecule has 0 unspecified atom stereocenters. The van der Waals surface area contributed by atoms with E-state index in [2.05, 4.69) is 20.5 Å². The molecular formula is C24H23ClFN5O2. The Morgan fingerprint density at radius 3 is 2.36 bits per heavy atom. The number of piperazine rings is 1. The van der Waals surface area contributed by atoms with E-state index >= 15 is 0 Å². The number of carbonyl (C=O) groups excluding carboxylic acids is 1. The van der Waals surface area contributed by atoms with Crippen LogP contribution in [0.2, 0.25) is 5.02 Å². The number of urea groups is 1. The number of hydrogen-bond acceptors (Lipinski definition) is 5. The molecule has 3 aromatic rings. The van der Waals surface area contributed by atoms with Crippen molar-refractivity contribution in [2.45, 2.75) is 0 Å². The first-order chi connectivity index (χ1) is 16.0. The third-order valence-corrected chi connectivity index (χ3v) is 6.28. The van der Waals surface area contributed by atoms with E-state index in [9.17, 15) is 14.3 Å². The van der Waals surface area contributed by atoms with Crippen LogP contribution in [-0.4, -0.2) is 55.4 Å². The van der Waals surface area contributed by atoms with Gasteiger partial charge in [0, 0.05) is 56.6 Å². The molecule has 2 aliphatic rings. The van der Waals surface area contributed by atoms with E-state index in [1.807, 2.05) is 6.07 Å². The van der Waals surface area contributed by atoms with Gasteiger partial charge in [-0.3, -0.25) is 4.90 Å². The molecule has 0 atom stereocenters. The van der Waals surface area contributed by atoms with Crippen molar-refractivity contribution < 1.29 is 14.3 Å². The van der Waals surface area contributed by atoms with E-state index in [-0.39, 0.29) is 11.8 Å². The highest BCUT2D eigenvalue weighted by Crippen LogP contribution is 2.41. The SMILES string of the molecule is O=C1NCCN1c1ccc(-c2cc(F)cc(-c3ccnc(N4CCNCC4)c3)c2O)cc1Cl. The lowest BCUT2D eigenvalue weighted by Gasteiger charge is -2.28. The number of pyridine rings is 1. The summed E-state index contributed by atoms with van der Waals surface area (Å²) in [6.07, 6.45) is 1.67. The van der Waals surface area contributed by atoms with Gasteiger partial charge >= 0.3 is 6.03 Å². The van der Waals surface area contributed by atoms with Gasteiger partial charge in [-0.25, -0.2) is 14.2 Å². The molecule has 7 nitrogen and oxygen atoms in total. The average Bonchev–Trinajstić information content (AvgIpc) is 3.26. The van der Waals surface area contributed by atoms with Gasteiger partial charge in [0.15, 0.2) is 0 Å². The Labute approximate surface area is 195 Å². The number of anilines is 2. The van der Waals surface area contributed by atoms with Crippen LogP contribution >= 0.6 is 11.6 Å². The zero-order valence-corrected chi connectivity index (χ0v) is 18.6. The summed E-state index contributed by atoms with van der Waals surface area (Å²) in [5.41, 5.74) is 2.50. The van der Waals surface area contributed by atoms with Crippen LogP contribution in [0.15, 0.2) is 48.7 Å². The minimum absolute atomic E-state index is 0.0448. The Morgan fingerprint density at radius 2 is 1.70 bits per heavy atom. The molecule has 0 bridgehead atoms. The molecule has 2 amide bonds. The molecule has 3 N–H and O–H groups in total. The summed E-state index contributed by atoms with van der Waals surface area (Å²) in [6, 6.07) is 11.1. The monoisotopic (exact) mass is 467 g/mol. The van der Waals surface area contributed by atoms with E-state index in [0.29, 0.717) is 46.1 Å². The van der Waals surface area contributed by atoms with Crippen molar-refractivity contribution in [1.82, 2.24) is 15.6 Å².